The molecule has 3 rings (SSSR count). The molecule has 1 saturated heterocycles. The van der Waals surface area contributed by atoms with Gasteiger partial charge in [0, 0.05) is 6.07 Å². The Labute approximate surface area is 146 Å². The molecule has 2 aromatic rings. The summed E-state index contributed by atoms with van der Waals surface area (Å²) < 4.78 is 20.5. The minimum absolute atomic E-state index is 0.00427. The van der Waals surface area contributed by atoms with Crippen LogP contribution in [0.2, 0.25) is 0 Å². The van der Waals surface area contributed by atoms with Crippen LogP contribution in [0.15, 0.2) is 27.4 Å². The van der Waals surface area contributed by atoms with Crippen LogP contribution in [0.5, 0.6) is 17.2 Å². The van der Waals surface area contributed by atoms with Crippen molar-refractivity contribution in [3.8, 4) is 17.2 Å². The van der Waals surface area contributed by atoms with E-state index in [1.54, 1.807) is 0 Å². The van der Waals surface area contributed by atoms with Gasteiger partial charge in [0.1, 0.15) is 35.7 Å². The van der Waals surface area contributed by atoms with Crippen molar-refractivity contribution in [1.29, 1.82) is 0 Å². The molecule has 0 spiro atoms. The molecular weight excluding hydrogens is 352 g/mol. The Balaban J connectivity index is 1.90. The predicted molar refractivity (Wildman–Crippen MR) is 85.1 cm³/mol. The highest BCUT2D eigenvalue weighted by Crippen LogP contribution is 2.33. The average Bonchev–Trinajstić information content (AvgIpc) is 2.62. The van der Waals surface area contributed by atoms with E-state index in [9.17, 15) is 30.3 Å². The van der Waals surface area contributed by atoms with Gasteiger partial charge in [0.2, 0.25) is 12.0 Å². The number of hydrogen-bond acceptors (Lipinski definition) is 10. The molecule has 0 amide bonds. The molecule has 2 heterocycles. The van der Waals surface area contributed by atoms with Crippen molar-refractivity contribution in [2.45, 2.75) is 30.7 Å². The lowest BCUT2D eigenvalue weighted by molar-refractivity contribution is -0.277. The number of ether oxygens (including phenoxy) is 3. The summed E-state index contributed by atoms with van der Waals surface area (Å²) in [5.74, 6) is -0.632. The zero-order valence-corrected chi connectivity index (χ0v) is 13.6. The molecule has 0 bridgehead atoms. The fourth-order valence-electron chi connectivity index (χ4n) is 2.70. The molecule has 5 atom stereocenters. The second-order valence-electron chi connectivity index (χ2n) is 5.74. The van der Waals surface area contributed by atoms with Crippen molar-refractivity contribution < 1.29 is 44.2 Å². The lowest BCUT2D eigenvalue weighted by atomic mass is 9.99. The maximum absolute atomic E-state index is 11.8. The number of benzene rings is 1. The first-order chi connectivity index (χ1) is 12.4. The van der Waals surface area contributed by atoms with Crippen molar-refractivity contribution >= 4 is 11.0 Å². The van der Waals surface area contributed by atoms with Gasteiger partial charge in [-0.05, 0) is 12.1 Å². The zero-order valence-electron chi connectivity index (χ0n) is 13.6. The Hall–Kier alpha value is -2.37. The van der Waals surface area contributed by atoms with E-state index < -0.39 is 48.7 Å². The third-order valence-corrected chi connectivity index (χ3v) is 4.12. The fourth-order valence-corrected chi connectivity index (χ4v) is 2.70. The summed E-state index contributed by atoms with van der Waals surface area (Å²) >= 11 is 0. The Morgan fingerprint density at radius 2 is 1.88 bits per heavy atom. The largest absolute Gasteiger partial charge is 0.504 e. The highest BCUT2D eigenvalue weighted by atomic mass is 16.7. The molecule has 0 unspecified atom stereocenters. The standard InChI is InChI=1S/C16H18O10/c1-23-14-10(18)7-3-2-6(4-8(7)25-15(14)22)24-16-13(21)12(20)11(19)9(5-17)26-16/h2-4,9,11-13,16-21H,5H2,1H3/t9-,11-,12+,13+,16-/m1/s1. The molecule has 1 aromatic carbocycles. The highest BCUT2D eigenvalue weighted by molar-refractivity contribution is 5.86. The van der Waals surface area contributed by atoms with E-state index >= 15 is 0 Å². The van der Waals surface area contributed by atoms with Crippen LogP contribution in [-0.4, -0.2) is 70.0 Å². The van der Waals surface area contributed by atoms with E-state index in [0.717, 1.165) is 0 Å². The van der Waals surface area contributed by atoms with E-state index in [2.05, 4.69) is 0 Å². The monoisotopic (exact) mass is 370 g/mol. The van der Waals surface area contributed by atoms with E-state index in [4.69, 9.17) is 18.6 Å². The highest BCUT2D eigenvalue weighted by Gasteiger charge is 2.44. The number of methoxy groups -OCH3 is 1. The minimum atomic E-state index is -1.59. The topological polar surface area (TPSA) is 159 Å². The van der Waals surface area contributed by atoms with Crippen molar-refractivity contribution in [1.82, 2.24) is 0 Å². The maximum atomic E-state index is 11.8. The second kappa shape index (κ2) is 7.09. The summed E-state index contributed by atoms with van der Waals surface area (Å²) in [7, 11) is 1.22. The molecule has 26 heavy (non-hydrogen) atoms. The molecule has 142 valence electrons. The smallest absolute Gasteiger partial charge is 0.383 e. The number of hydrogen-bond donors (Lipinski definition) is 5. The van der Waals surface area contributed by atoms with Gasteiger partial charge >= 0.3 is 5.63 Å². The van der Waals surface area contributed by atoms with Crippen molar-refractivity contribution in [3.05, 3.63) is 28.6 Å². The number of fused-ring (bicyclic) bond motifs is 1. The molecule has 5 N–H and O–H groups in total. The molecule has 1 aromatic heterocycles. The number of aromatic hydroxyl groups is 1. The maximum Gasteiger partial charge on any atom is 0.383 e. The molecule has 0 radical (unpaired) electrons. The van der Waals surface area contributed by atoms with Crippen LogP contribution in [0.3, 0.4) is 0 Å². The summed E-state index contributed by atoms with van der Waals surface area (Å²) in [4.78, 5) is 11.8. The van der Waals surface area contributed by atoms with Crippen LogP contribution in [0.1, 0.15) is 0 Å². The molecule has 10 heteroatoms. The first-order valence-electron chi connectivity index (χ1n) is 7.68. The molecule has 0 saturated carbocycles. The summed E-state index contributed by atoms with van der Waals surface area (Å²) in [5, 5.41) is 48.9. The Bertz CT molecular complexity index is 845. The van der Waals surface area contributed by atoms with Crippen LogP contribution < -0.4 is 15.1 Å². The van der Waals surface area contributed by atoms with Gasteiger partial charge in [-0.15, -0.1) is 0 Å². The summed E-state index contributed by atoms with van der Waals surface area (Å²) in [6, 6.07) is 4.08. The minimum Gasteiger partial charge on any atom is -0.504 e. The van der Waals surface area contributed by atoms with Gasteiger partial charge in [0.05, 0.1) is 19.1 Å². The Kier molecular flexibility index (Phi) is 5.03. The van der Waals surface area contributed by atoms with Crippen LogP contribution in [0, 0.1) is 0 Å². The second-order valence-corrected chi connectivity index (χ2v) is 5.74. The van der Waals surface area contributed by atoms with Crippen molar-refractivity contribution in [2.75, 3.05) is 13.7 Å². The zero-order chi connectivity index (χ0) is 19.0. The summed E-state index contributed by atoms with van der Waals surface area (Å²) in [6.45, 7) is -0.592. The molecule has 1 aliphatic rings. The van der Waals surface area contributed by atoms with Crippen LogP contribution in [-0.2, 0) is 4.74 Å². The van der Waals surface area contributed by atoms with E-state index in [0.29, 0.717) is 0 Å². The summed E-state index contributed by atoms with van der Waals surface area (Å²) in [5.41, 5.74) is -0.891. The third kappa shape index (κ3) is 3.08. The van der Waals surface area contributed by atoms with Crippen LogP contribution in [0.4, 0.5) is 0 Å². The third-order valence-electron chi connectivity index (χ3n) is 4.12. The van der Waals surface area contributed by atoms with Gasteiger partial charge in [-0.1, -0.05) is 0 Å². The normalized spacial score (nSPS) is 28.9. The van der Waals surface area contributed by atoms with Crippen molar-refractivity contribution in [2.24, 2.45) is 0 Å². The van der Waals surface area contributed by atoms with E-state index in [-0.39, 0.29) is 22.5 Å². The van der Waals surface area contributed by atoms with Gasteiger partial charge in [-0.25, -0.2) is 4.79 Å². The van der Waals surface area contributed by atoms with Gasteiger partial charge in [-0.2, -0.15) is 0 Å². The van der Waals surface area contributed by atoms with E-state index in [1.165, 1.54) is 25.3 Å². The summed E-state index contributed by atoms with van der Waals surface area (Å²) in [6.07, 6.45) is -7.18. The van der Waals surface area contributed by atoms with Gasteiger partial charge in [-0.3, -0.25) is 0 Å². The SMILES string of the molecule is COc1c(O)c2ccc(O[C@@H]3O[C@H](CO)[C@@H](O)[C@H](O)[C@@H]3O)cc2oc1=O. The molecular formula is C16H18O10. The van der Waals surface area contributed by atoms with Crippen molar-refractivity contribution in [3.63, 3.8) is 0 Å². The van der Waals surface area contributed by atoms with Gasteiger partial charge in [0.15, 0.2) is 5.75 Å². The predicted octanol–water partition coefficient (Wildman–Crippen LogP) is -1.31. The van der Waals surface area contributed by atoms with Crippen LogP contribution >= 0.6 is 0 Å². The molecule has 1 aliphatic heterocycles. The Morgan fingerprint density at radius 1 is 1.15 bits per heavy atom. The lowest BCUT2D eigenvalue weighted by Gasteiger charge is -2.39. The molecule has 10 nitrogen and oxygen atoms in total. The molecule has 1 fully saturated rings. The van der Waals surface area contributed by atoms with Gasteiger partial charge in [0.25, 0.3) is 0 Å². The average molecular weight is 370 g/mol. The quantitative estimate of drug-likeness (QED) is 0.409. The number of aliphatic hydroxyl groups excluding tert-OH is 4. The lowest BCUT2D eigenvalue weighted by Crippen LogP contribution is -2.60. The number of aliphatic hydroxyl groups is 4. The fraction of sp³-hybridized carbons (Fsp3) is 0.438. The van der Waals surface area contributed by atoms with Gasteiger partial charge < -0.3 is 44.2 Å². The molecule has 0 aliphatic carbocycles. The first kappa shape index (κ1) is 18.4. The Morgan fingerprint density at radius 3 is 2.54 bits per heavy atom. The first-order valence-corrected chi connectivity index (χ1v) is 7.68. The van der Waals surface area contributed by atoms with Crippen LogP contribution in [0.25, 0.3) is 11.0 Å². The number of rotatable bonds is 4. The van der Waals surface area contributed by atoms with E-state index in [1.807, 2.05) is 0 Å².